The predicted molar refractivity (Wildman–Crippen MR) is 132 cm³/mol. The van der Waals surface area contributed by atoms with Crippen molar-refractivity contribution in [2.45, 2.75) is 19.8 Å². The normalized spacial score (nSPS) is 15.0. The minimum Gasteiger partial charge on any atom is -0.460 e. The van der Waals surface area contributed by atoms with Crippen molar-refractivity contribution in [3.8, 4) is 16.9 Å². The third kappa shape index (κ3) is 4.28. The van der Waals surface area contributed by atoms with Crippen LogP contribution in [-0.2, 0) is 13.6 Å². The average Bonchev–Trinajstić information content (AvgIpc) is 3.10. The van der Waals surface area contributed by atoms with Gasteiger partial charge in [0.2, 0.25) is 6.36 Å². The van der Waals surface area contributed by atoms with Crippen LogP contribution in [0.15, 0.2) is 65.6 Å². The van der Waals surface area contributed by atoms with Gasteiger partial charge in [-0.1, -0.05) is 24.3 Å². The molecule has 176 valence electrons. The largest absolute Gasteiger partial charge is 0.460 e. The molecule has 1 fully saturated rings. The van der Waals surface area contributed by atoms with Crippen molar-refractivity contribution in [1.82, 2.24) is 19.7 Å². The number of fused-ring (bicyclic) bond motifs is 1. The van der Waals surface area contributed by atoms with E-state index < -0.39 is 6.36 Å². The molecule has 1 aliphatic rings. The first kappa shape index (κ1) is 22.2. The zero-order valence-electron chi connectivity index (χ0n) is 19.4. The maximum Gasteiger partial charge on any atom is 0.274 e. The summed E-state index contributed by atoms with van der Waals surface area (Å²) in [5.41, 5.74) is 3.49. The Bertz CT molecular complexity index is 1350. The number of rotatable bonds is 6. The third-order valence-electron chi connectivity index (χ3n) is 6.27. The van der Waals surface area contributed by atoms with Gasteiger partial charge in [0.25, 0.3) is 5.56 Å². The van der Waals surface area contributed by atoms with Crippen LogP contribution in [0.2, 0.25) is 0 Å². The van der Waals surface area contributed by atoms with E-state index in [1.165, 1.54) is 6.92 Å². The molecule has 1 atom stereocenters. The number of piperazine rings is 1. The standard InChI is InChI=1S/C26H28FN5O2/c1-18(27)34-24-6-4-3-5-21(24)17-32-23-15-19(7-9-22(23)26(33)30(32)2)20-8-10-25(29-16-20)31-13-11-28-12-14-31/h3-10,15-16,18,28H,11-14,17H2,1-2H3. The quantitative estimate of drug-likeness (QED) is 0.476. The number of para-hydroxylation sites is 1. The summed E-state index contributed by atoms with van der Waals surface area (Å²) in [4.78, 5) is 19.9. The van der Waals surface area contributed by atoms with E-state index in [4.69, 9.17) is 4.74 Å². The second-order valence-electron chi connectivity index (χ2n) is 8.53. The zero-order valence-corrected chi connectivity index (χ0v) is 19.4. The van der Waals surface area contributed by atoms with Gasteiger partial charge in [0.15, 0.2) is 0 Å². The lowest BCUT2D eigenvalue weighted by Crippen LogP contribution is -2.43. The SMILES string of the molecule is CC(F)Oc1ccccc1Cn1c2cc(-c3ccc(N4CCNCC4)nc3)ccc2c(=O)n1C. The van der Waals surface area contributed by atoms with Crippen LogP contribution in [0.1, 0.15) is 12.5 Å². The summed E-state index contributed by atoms with van der Waals surface area (Å²) in [5, 5.41) is 3.99. The molecule has 4 aromatic rings. The van der Waals surface area contributed by atoms with Crippen molar-refractivity contribution in [3.05, 3.63) is 76.7 Å². The van der Waals surface area contributed by atoms with Gasteiger partial charge in [0.05, 0.1) is 17.4 Å². The Morgan fingerprint density at radius 1 is 1.09 bits per heavy atom. The number of halogens is 1. The summed E-state index contributed by atoms with van der Waals surface area (Å²) in [6.45, 7) is 5.54. The molecule has 0 radical (unpaired) electrons. The van der Waals surface area contributed by atoms with E-state index in [0.717, 1.165) is 54.2 Å². The number of pyridine rings is 1. The molecule has 0 aliphatic carbocycles. The van der Waals surface area contributed by atoms with Crippen molar-refractivity contribution in [1.29, 1.82) is 0 Å². The fraction of sp³-hybridized carbons (Fsp3) is 0.308. The first-order chi connectivity index (χ1) is 16.5. The highest BCUT2D eigenvalue weighted by Gasteiger charge is 2.16. The van der Waals surface area contributed by atoms with E-state index in [2.05, 4.69) is 27.3 Å². The van der Waals surface area contributed by atoms with Crippen LogP contribution >= 0.6 is 0 Å². The summed E-state index contributed by atoms with van der Waals surface area (Å²) in [7, 11) is 1.74. The van der Waals surface area contributed by atoms with Crippen LogP contribution in [0.5, 0.6) is 5.75 Å². The lowest BCUT2D eigenvalue weighted by molar-refractivity contribution is 0.0847. The molecular weight excluding hydrogens is 433 g/mol. The van der Waals surface area contributed by atoms with Gasteiger partial charge in [0.1, 0.15) is 11.6 Å². The van der Waals surface area contributed by atoms with Crippen LogP contribution < -0.4 is 20.5 Å². The highest BCUT2D eigenvalue weighted by atomic mass is 19.1. The maximum atomic E-state index is 13.5. The van der Waals surface area contributed by atoms with Crippen molar-refractivity contribution < 1.29 is 9.13 Å². The zero-order chi connectivity index (χ0) is 23.7. The molecule has 0 spiro atoms. The van der Waals surface area contributed by atoms with Gasteiger partial charge in [0, 0.05) is 57.5 Å². The molecule has 2 aromatic carbocycles. The number of anilines is 1. The Kier molecular flexibility index (Phi) is 6.06. The number of hydrogen-bond acceptors (Lipinski definition) is 5. The first-order valence-corrected chi connectivity index (χ1v) is 11.5. The van der Waals surface area contributed by atoms with Gasteiger partial charge in [-0.15, -0.1) is 0 Å². The molecule has 1 saturated heterocycles. The minimum atomic E-state index is -1.42. The number of alkyl halides is 1. The maximum absolute atomic E-state index is 13.5. The number of benzene rings is 2. The fourth-order valence-electron chi connectivity index (χ4n) is 4.47. The summed E-state index contributed by atoms with van der Waals surface area (Å²) >= 11 is 0. The molecule has 5 rings (SSSR count). The molecular formula is C26H28FN5O2. The van der Waals surface area contributed by atoms with Crippen LogP contribution in [0, 0.1) is 0 Å². The van der Waals surface area contributed by atoms with Gasteiger partial charge in [-0.25, -0.2) is 9.37 Å². The molecule has 34 heavy (non-hydrogen) atoms. The van der Waals surface area contributed by atoms with E-state index in [1.54, 1.807) is 17.8 Å². The minimum absolute atomic E-state index is 0.0778. The van der Waals surface area contributed by atoms with Crippen molar-refractivity contribution >= 4 is 16.7 Å². The van der Waals surface area contributed by atoms with Crippen molar-refractivity contribution in [3.63, 3.8) is 0 Å². The van der Waals surface area contributed by atoms with Crippen LogP contribution in [-0.4, -0.2) is 46.9 Å². The molecule has 1 aliphatic heterocycles. The van der Waals surface area contributed by atoms with Gasteiger partial charge in [-0.05, 0) is 35.9 Å². The number of aromatic nitrogens is 3. The molecule has 2 aromatic heterocycles. The molecule has 0 bridgehead atoms. The molecule has 7 nitrogen and oxygen atoms in total. The summed E-state index contributed by atoms with van der Waals surface area (Å²) in [6.07, 6.45) is 0.463. The molecule has 8 heteroatoms. The Balaban J connectivity index is 1.50. The van der Waals surface area contributed by atoms with E-state index in [1.807, 2.05) is 47.3 Å². The fourth-order valence-corrected chi connectivity index (χ4v) is 4.47. The molecule has 3 heterocycles. The van der Waals surface area contributed by atoms with Crippen LogP contribution in [0.4, 0.5) is 10.2 Å². The third-order valence-corrected chi connectivity index (χ3v) is 6.27. The molecule has 0 amide bonds. The summed E-state index contributed by atoms with van der Waals surface area (Å²) < 4.78 is 22.4. The van der Waals surface area contributed by atoms with Gasteiger partial charge >= 0.3 is 0 Å². The lowest BCUT2D eigenvalue weighted by Gasteiger charge is -2.28. The summed E-state index contributed by atoms with van der Waals surface area (Å²) in [5.74, 6) is 1.44. The van der Waals surface area contributed by atoms with Gasteiger partial charge < -0.3 is 15.0 Å². The average molecular weight is 462 g/mol. The van der Waals surface area contributed by atoms with E-state index in [-0.39, 0.29) is 5.56 Å². The first-order valence-electron chi connectivity index (χ1n) is 11.5. The Morgan fingerprint density at radius 3 is 2.59 bits per heavy atom. The smallest absolute Gasteiger partial charge is 0.274 e. The summed E-state index contributed by atoms with van der Waals surface area (Å²) in [6, 6.07) is 17.3. The van der Waals surface area contributed by atoms with Crippen LogP contribution in [0.3, 0.4) is 0 Å². The molecule has 1 unspecified atom stereocenters. The second-order valence-corrected chi connectivity index (χ2v) is 8.53. The van der Waals surface area contributed by atoms with E-state index in [0.29, 0.717) is 17.7 Å². The second kappa shape index (κ2) is 9.30. The number of nitrogens with one attached hydrogen (secondary N) is 1. The highest BCUT2D eigenvalue weighted by Crippen LogP contribution is 2.27. The number of ether oxygens (including phenoxy) is 1. The Morgan fingerprint density at radius 2 is 1.85 bits per heavy atom. The Labute approximate surface area is 197 Å². The monoisotopic (exact) mass is 461 g/mol. The van der Waals surface area contributed by atoms with E-state index >= 15 is 0 Å². The number of hydrogen-bond donors (Lipinski definition) is 1. The highest BCUT2D eigenvalue weighted by molar-refractivity contribution is 5.84. The topological polar surface area (TPSA) is 64.3 Å². The number of nitrogens with zero attached hydrogens (tertiary/aromatic N) is 4. The molecule has 0 saturated carbocycles. The Hall–Kier alpha value is -3.65. The van der Waals surface area contributed by atoms with Crippen molar-refractivity contribution in [2.24, 2.45) is 7.05 Å². The molecule has 1 N–H and O–H groups in total. The van der Waals surface area contributed by atoms with Gasteiger partial charge in [-0.2, -0.15) is 0 Å². The predicted octanol–water partition coefficient (Wildman–Crippen LogP) is 3.55. The van der Waals surface area contributed by atoms with Crippen molar-refractivity contribution in [2.75, 3.05) is 31.1 Å². The van der Waals surface area contributed by atoms with Gasteiger partial charge in [-0.3, -0.25) is 14.2 Å². The van der Waals surface area contributed by atoms with E-state index in [9.17, 15) is 9.18 Å². The van der Waals surface area contributed by atoms with Crippen LogP contribution in [0.25, 0.3) is 22.0 Å². The lowest BCUT2D eigenvalue weighted by atomic mass is 10.1.